The Labute approximate surface area is 106 Å². The van der Waals surface area contributed by atoms with Gasteiger partial charge in [0.25, 0.3) is 5.91 Å². The quantitative estimate of drug-likeness (QED) is 0.639. The van der Waals surface area contributed by atoms with E-state index in [0.29, 0.717) is 21.2 Å². The van der Waals surface area contributed by atoms with Crippen LogP contribution in [0.25, 0.3) is 5.57 Å². The molecule has 1 saturated heterocycles. The number of carbonyl (C=O) groups excluding carboxylic acids is 2. The highest BCUT2D eigenvalue weighted by atomic mass is 79.9. The van der Waals surface area contributed by atoms with Crippen molar-refractivity contribution in [3.05, 3.63) is 39.6 Å². The standard InChI is InChI=1S/C12H9BrFNO2/c1-6(9-5-11(16)15-12(9)17)8-3-2-7(13)4-10(8)14/h2-4H,5H2,1H3,(H,15,16,17)/b9-6+. The molecule has 0 aromatic heterocycles. The first kappa shape index (κ1) is 12.0. The molecule has 2 rings (SSSR count). The lowest BCUT2D eigenvalue weighted by molar-refractivity contribution is -0.124. The predicted molar refractivity (Wildman–Crippen MR) is 64.5 cm³/mol. The van der Waals surface area contributed by atoms with Crippen LogP contribution in [0.15, 0.2) is 28.2 Å². The summed E-state index contributed by atoms with van der Waals surface area (Å²) in [4.78, 5) is 22.5. The van der Waals surface area contributed by atoms with Crippen molar-refractivity contribution in [3.63, 3.8) is 0 Å². The van der Waals surface area contributed by atoms with Gasteiger partial charge in [-0.25, -0.2) is 4.39 Å². The number of rotatable bonds is 1. The second kappa shape index (κ2) is 4.41. The zero-order valence-electron chi connectivity index (χ0n) is 9.01. The Hall–Kier alpha value is -1.49. The molecule has 0 unspecified atom stereocenters. The van der Waals surface area contributed by atoms with Crippen LogP contribution in [-0.4, -0.2) is 11.8 Å². The Morgan fingerprint density at radius 3 is 2.65 bits per heavy atom. The molecule has 1 N–H and O–H groups in total. The molecule has 0 bridgehead atoms. The molecule has 0 spiro atoms. The van der Waals surface area contributed by atoms with Gasteiger partial charge in [0.1, 0.15) is 5.82 Å². The first-order valence-corrected chi connectivity index (χ1v) is 5.77. The number of hydrogen-bond donors (Lipinski definition) is 1. The van der Waals surface area contributed by atoms with Crippen LogP contribution in [0.3, 0.4) is 0 Å². The summed E-state index contributed by atoms with van der Waals surface area (Å²) in [5, 5.41) is 2.18. The Morgan fingerprint density at radius 2 is 2.12 bits per heavy atom. The van der Waals surface area contributed by atoms with Crippen molar-refractivity contribution in [2.45, 2.75) is 13.3 Å². The van der Waals surface area contributed by atoms with Gasteiger partial charge in [0.15, 0.2) is 0 Å². The summed E-state index contributed by atoms with van der Waals surface area (Å²) in [5.74, 6) is -1.20. The minimum atomic E-state index is -0.435. The average Bonchev–Trinajstić information content (AvgIpc) is 2.57. The molecule has 1 heterocycles. The van der Waals surface area contributed by atoms with Crippen LogP contribution in [0.4, 0.5) is 4.39 Å². The Morgan fingerprint density at radius 1 is 1.41 bits per heavy atom. The molecule has 1 aliphatic heterocycles. The van der Waals surface area contributed by atoms with Crippen molar-refractivity contribution in [3.8, 4) is 0 Å². The number of amides is 2. The zero-order valence-corrected chi connectivity index (χ0v) is 10.6. The molecular weight excluding hydrogens is 289 g/mol. The number of halogens is 2. The van der Waals surface area contributed by atoms with Gasteiger partial charge in [-0.15, -0.1) is 0 Å². The molecule has 0 saturated carbocycles. The molecule has 3 nitrogen and oxygen atoms in total. The van der Waals surface area contributed by atoms with Crippen LogP contribution in [-0.2, 0) is 9.59 Å². The van der Waals surface area contributed by atoms with Crippen molar-refractivity contribution in [2.24, 2.45) is 0 Å². The van der Waals surface area contributed by atoms with Crippen LogP contribution < -0.4 is 5.32 Å². The average molecular weight is 298 g/mol. The third-order valence-corrected chi connectivity index (χ3v) is 3.15. The van der Waals surface area contributed by atoms with Crippen LogP contribution in [0, 0.1) is 5.82 Å². The third kappa shape index (κ3) is 2.29. The Balaban J connectivity index is 2.50. The number of carbonyl (C=O) groups is 2. The fraction of sp³-hybridized carbons (Fsp3) is 0.167. The van der Waals surface area contributed by atoms with E-state index in [0.717, 1.165) is 0 Å². The maximum absolute atomic E-state index is 13.7. The largest absolute Gasteiger partial charge is 0.292 e. The molecule has 0 aliphatic carbocycles. The van der Waals surface area contributed by atoms with Crippen LogP contribution in [0.5, 0.6) is 0 Å². The van der Waals surface area contributed by atoms with Gasteiger partial charge in [-0.2, -0.15) is 0 Å². The van der Waals surface area contributed by atoms with E-state index < -0.39 is 11.7 Å². The van der Waals surface area contributed by atoms with Gasteiger partial charge in [-0.1, -0.05) is 22.0 Å². The normalized spacial score (nSPS) is 18.3. The molecule has 2 amide bonds. The van der Waals surface area contributed by atoms with E-state index >= 15 is 0 Å². The summed E-state index contributed by atoms with van der Waals surface area (Å²) >= 11 is 3.16. The molecule has 5 heteroatoms. The lowest BCUT2D eigenvalue weighted by Gasteiger charge is -2.06. The molecule has 0 radical (unpaired) electrons. The van der Waals surface area contributed by atoms with Crippen LogP contribution >= 0.6 is 15.9 Å². The van der Waals surface area contributed by atoms with Gasteiger partial charge < -0.3 is 0 Å². The smallest absolute Gasteiger partial charge is 0.254 e. The van der Waals surface area contributed by atoms with E-state index in [-0.39, 0.29) is 12.3 Å². The van der Waals surface area contributed by atoms with Crippen molar-refractivity contribution < 1.29 is 14.0 Å². The molecular formula is C12H9BrFNO2. The molecule has 17 heavy (non-hydrogen) atoms. The maximum Gasteiger partial charge on any atom is 0.254 e. The first-order valence-electron chi connectivity index (χ1n) is 4.98. The summed E-state index contributed by atoms with van der Waals surface area (Å²) < 4.78 is 14.3. The minimum absolute atomic E-state index is 0.0141. The van der Waals surface area contributed by atoms with Crippen LogP contribution in [0.2, 0.25) is 0 Å². The molecule has 0 atom stereocenters. The molecule has 1 aromatic carbocycles. The van der Waals surface area contributed by atoms with Crippen molar-refractivity contribution >= 4 is 33.3 Å². The molecule has 1 aromatic rings. The van der Waals surface area contributed by atoms with Gasteiger partial charge in [0.2, 0.25) is 5.91 Å². The van der Waals surface area contributed by atoms with Gasteiger partial charge >= 0.3 is 0 Å². The number of hydrogen-bond acceptors (Lipinski definition) is 2. The summed E-state index contributed by atoms with van der Waals surface area (Å²) in [5.41, 5.74) is 1.17. The minimum Gasteiger partial charge on any atom is -0.292 e. The van der Waals surface area contributed by atoms with Gasteiger partial charge in [-0.05, 0) is 24.6 Å². The monoisotopic (exact) mass is 297 g/mol. The summed E-state index contributed by atoms with van der Waals surface area (Å²) in [7, 11) is 0. The topological polar surface area (TPSA) is 46.2 Å². The van der Waals surface area contributed by atoms with Crippen molar-refractivity contribution in [2.75, 3.05) is 0 Å². The van der Waals surface area contributed by atoms with E-state index in [2.05, 4.69) is 21.2 Å². The Bertz CT molecular complexity index is 551. The summed E-state index contributed by atoms with van der Waals surface area (Å²) in [6.45, 7) is 1.64. The Kier molecular flexibility index (Phi) is 3.11. The summed E-state index contributed by atoms with van der Waals surface area (Å²) in [6.07, 6.45) is 0.0141. The van der Waals surface area contributed by atoms with Crippen LogP contribution in [0.1, 0.15) is 18.9 Å². The lowest BCUT2D eigenvalue weighted by Crippen LogP contribution is -2.19. The fourth-order valence-corrected chi connectivity index (χ4v) is 2.08. The predicted octanol–water partition coefficient (Wildman–Crippen LogP) is 2.41. The van der Waals surface area contributed by atoms with E-state index in [1.165, 1.54) is 6.07 Å². The summed E-state index contributed by atoms with van der Waals surface area (Å²) in [6, 6.07) is 4.60. The van der Waals surface area contributed by atoms with E-state index in [1.807, 2.05) is 0 Å². The second-order valence-electron chi connectivity index (χ2n) is 3.78. The third-order valence-electron chi connectivity index (χ3n) is 2.65. The number of benzene rings is 1. The first-order chi connectivity index (χ1) is 7.99. The number of allylic oxidation sites excluding steroid dienone is 1. The molecule has 88 valence electrons. The van der Waals surface area contributed by atoms with Gasteiger partial charge in [0.05, 0.1) is 6.42 Å². The fourth-order valence-electron chi connectivity index (χ4n) is 1.75. The maximum atomic E-state index is 13.7. The number of imide groups is 1. The highest BCUT2D eigenvalue weighted by Crippen LogP contribution is 2.27. The molecule has 1 fully saturated rings. The van der Waals surface area contributed by atoms with E-state index in [1.54, 1.807) is 19.1 Å². The zero-order chi connectivity index (χ0) is 12.6. The van der Waals surface area contributed by atoms with Crippen molar-refractivity contribution in [1.82, 2.24) is 5.32 Å². The number of nitrogens with one attached hydrogen (secondary N) is 1. The highest BCUT2D eigenvalue weighted by molar-refractivity contribution is 9.10. The van der Waals surface area contributed by atoms with Gasteiger partial charge in [0, 0.05) is 15.6 Å². The van der Waals surface area contributed by atoms with Gasteiger partial charge in [-0.3, -0.25) is 14.9 Å². The highest BCUT2D eigenvalue weighted by Gasteiger charge is 2.26. The second-order valence-corrected chi connectivity index (χ2v) is 4.70. The van der Waals surface area contributed by atoms with E-state index in [4.69, 9.17) is 0 Å². The molecule has 1 aliphatic rings. The van der Waals surface area contributed by atoms with E-state index in [9.17, 15) is 14.0 Å². The SMILES string of the molecule is C/C(=C1/CC(=O)NC1=O)c1ccc(Br)cc1F. The lowest BCUT2D eigenvalue weighted by atomic mass is 10.00. The van der Waals surface area contributed by atoms with Crippen molar-refractivity contribution in [1.29, 1.82) is 0 Å².